The van der Waals surface area contributed by atoms with Gasteiger partial charge in [0.05, 0.1) is 18.4 Å². The number of carbonyl (C=O) groups excluding carboxylic acids is 1. The molecule has 0 radical (unpaired) electrons. The highest BCUT2D eigenvalue weighted by atomic mass is 16.3. The Morgan fingerprint density at radius 3 is 2.71 bits per heavy atom. The Labute approximate surface area is 166 Å². The van der Waals surface area contributed by atoms with Crippen LogP contribution in [0.2, 0.25) is 0 Å². The van der Waals surface area contributed by atoms with Crippen LogP contribution in [0.15, 0.2) is 53.2 Å². The van der Waals surface area contributed by atoms with E-state index in [4.69, 9.17) is 4.42 Å². The van der Waals surface area contributed by atoms with Gasteiger partial charge in [-0.2, -0.15) is 0 Å². The molecule has 148 valence electrons. The number of amides is 1. The SMILES string of the molecule is CCN(C)[C@@H]1c2ccccc2C2(CCN(C(=O)/C=C/c3ccco3)CC2)[C@H]1O. The Hall–Kier alpha value is -2.37. The summed E-state index contributed by atoms with van der Waals surface area (Å²) < 4.78 is 5.25. The highest BCUT2D eigenvalue weighted by Gasteiger charge is 2.53. The van der Waals surface area contributed by atoms with E-state index in [0.29, 0.717) is 18.8 Å². The Kier molecular flexibility index (Phi) is 5.13. The summed E-state index contributed by atoms with van der Waals surface area (Å²) in [5.41, 5.74) is 2.22. The van der Waals surface area contributed by atoms with Gasteiger partial charge in [-0.1, -0.05) is 31.2 Å². The molecule has 1 amide bonds. The van der Waals surface area contributed by atoms with Crippen LogP contribution in [-0.2, 0) is 10.2 Å². The van der Waals surface area contributed by atoms with Crippen LogP contribution in [0, 0.1) is 0 Å². The smallest absolute Gasteiger partial charge is 0.246 e. The van der Waals surface area contributed by atoms with Crippen molar-refractivity contribution in [2.24, 2.45) is 0 Å². The van der Waals surface area contributed by atoms with Crippen LogP contribution in [0.5, 0.6) is 0 Å². The zero-order valence-electron chi connectivity index (χ0n) is 16.5. The predicted molar refractivity (Wildman–Crippen MR) is 109 cm³/mol. The van der Waals surface area contributed by atoms with E-state index in [0.717, 1.165) is 19.4 Å². The summed E-state index contributed by atoms with van der Waals surface area (Å²) in [7, 11) is 2.07. The molecule has 2 aliphatic rings. The van der Waals surface area contributed by atoms with Gasteiger partial charge in [-0.25, -0.2) is 0 Å². The topological polar surface area (TPSA) is 56.9 Å². The highest BCUT2D eigenvalue weighted by Crippen LogP contribution is 2.52. The normalized spacial score (nSPS) is 23.6. The second kappa shape index (κ2) is 7.57. The van der Waals surface area contributed by atoms with Crippen LogP contribution in [0.3, 0.4) is 0 Å². The van der Waals surface area contributed by atoms with E-state index >= 15 is 0 Å². The van der Waals surface area contributed by atoms with Crippen LogP contribution in [0.4, 0.5) is 0 Å². The van der Waals surface area contributed by atoms with E-state index in [-0.39, 0.29) is 17.4 Å². The van der Waals surface area contributed by atoms with E-state index in [1.165, 1.54) is 11.1 Å². The third-order valence-electron chi connectivity index (χ3n) is 6.56. The van der Waals surface area contributed by atoms with Gasteiger partial charge in [0, 0.05) is 24.6 Å². The summed E-state index contributed by atoms with van der Waals surface area (Å²) in [6.45, 7) is 4.30. The van der Waals surface area contributed by atoms with Crippen molar-refractivity contribution in [1.82, 2.24) is 9.80 Å². The molecule has 1 spiro atoms. The molecule has 2 atom stereocenters. The van der Waals surface area contributed by atoms with Gasteiger partial charge in [-0.05, 0) is 55.8 Å². The molecule has 28 heavy (non-hydrogen) atoms. The van der Waals surface area contributed by atoms with Gasteiger partial charge in [0.2, 0.25) is 5.91 Å². The lowest BCUT2D eigenvalue weighted by Gasteiger charge is -2.43. The van der Waals surface area contributed by atoms with Gasteiger partial charge in [0.15, 0.2) is 0 Å². The molecule has 1 aliphatic carbocycles. The number of furan rings is 1. The third-order valence-corrected chi connectivity index (χ3v) is 6.56. The molecule has 0 bridgehead atoms. The number of likely N-dealkylation sites (tertiary alicyclic amines) is 1. The average Bonchev–Trinajstić information content (AvgIpc) is 3.33. The number of piperidine rings is 1. The average molecular weight is 380 g/mol. The minimum atomic E-state index is -0.453. The lowest BCUT2D eigenvalue weighted by molar-refractivity contribution is -0.128. The summed E-state index contributed by atoms with van der Waals surface area (Å²) >= 11 is 0. The van der Waals surface area contributed by atoms with Gasteiger partial charge in [-0.3, -0.25) is 9.69 Å². The molecule has 1 fully saturated rings. The number of fused-ring (bicyclic) bond motifs is 2. The molecular formula is C23H28N2O3. The molecule has 0 saturated carbocycles. The Morgan fingerprint density at radius 1 is 1.29 bits per heavy atom. The number of likely N-dealkylation sites (N-methyl/N-ethyl adjacent to an activating group) is 1. The first-order chi connectivity index (χ1) is 13.6. The fourth-order valence-corrected chi connectivity index (χ4v) is 4.85. The zero-order chi connectivity index (χ0) is 19.7. The Bertz CT molecular complexity index is 850. The number of benzene rings is 1. The van der Waals surface area contributed by atoms with Crippen LogP contribution in [-0.4, -0.2) is 53.6 Å². The van der Waals surface area contributed by atoms with Crippen LogP contribution >= 0.6 is 0 Å². The molecule has 1 aromatic heterocycles. The van der Waals surface area contributed by atoms with Crippen LogP contribution in [0.25, 0.3) is 6.08 Å². The van der Waals surface area contributed by atoms with Gasteiger partial charge in [-0.15, -0.1) is 0 Å². The maximum absolute atomic E-state index is 12.6. The van der Waals surface area contributed by atoms with Crippen molar-refractivity contribution in [1.29, 1.82) is 0 Å². The first kappa shape index (κ1) is 19.0. The first-order valence-electron chi connectivity index (χ1n) is 10.0. The van der Waals surface area contributed by atoms with Crippen LogP contribution < -0.4 is 0 Å². The van der Waals surface area contributed by atoms with Crippen molar-refractivity contribution >= 4 is 12.0 Å². The van der Waals surface area contributed by atoms with Gasteiger partial charge in [0.1, 0.15) is 5.76 Å². The third kappa shape index (κ3) is 3.09. The molecule has 1 saturated heterocycles. The number of hydrogen-bond donors (Lipinski definition) is 1. The number of hydrogen-bond acceptors (Lipinski definition) is 4. The molecule has 2 aromatic rings. The minimum absolute atomic E-state index is 0.00533. The summed E-state index contributed by atoms with van der Waals surface area (Å²) in [4.78, 5) is 16.7. The molecular weight excluding hydrogens is 352 g/mol. The summed E-state index contributed by atoms with van der Waals surface area (Å²) in [5.74, 6) is 0.668. The van der Waals surface area contributed by atoms with Crippen molar-refractivity contribution in [2.45, 2.75) is 37.3 Å². The number of nitrogens with zero attached hydrogens (tertiary/aromatic N) is 2. The van der Waals surface area contributed by atoms with E-state index in [1.54, 1.807) is 24.5 Å². The Morgan fingerprint density at radius 2 is 2.04 bits per heavy atom. The van der Waals surface area contributed by atoms with Crippen molar-refractivity contribution in [3.05, 3.63) is 65.6 Å². The van der Waals surface area contributed by atoms with E-state index < -0.39 is 6.10 Å². The second-order valence-corrected chi connectivity index (χ2v) is 7.88. The van der Waals surface area contributed by atoms with Gasteiger partial charge < -0.3 is 14.4 Å². The van der Waals surface area contributed by atoms with Crippen molar-refractivity contribution in [3.63, 3.8) is 0 Å². The monoisotopic (exact) mass is 380 g/mol. The molecule has 1 aromatic carbocycles. The number of carbonyl (C=O) groups is 1. The molecule has 5 heteroatoms. The number of aliphatic hydroxyl groups is 1. The highest BCUT2D eigenvalue weighted by molar-refractivity contribution is 5.91. The summed E-state index contributed by atoms with van der Waals surface area (Å²) in [5, 5.41) is 11.4. The molecule has 1 N–H and O–H groups in total. The fourth-order valence-electron chi connectivity index (χ4n) is 4.85. The maximum Gasteiger partial charge on any atom is 0.246 e. The lowest BCUT2D eigenvalue weighted by atomic mass is 9.72. The summed E-state index contributed by atoms with van der Waals surface area (Å²) in [6.07, 6.45) is 5.98. The second-order valence-electron chi connectivity index (χ2n) is 7.88. The van der Waals surface area contributed by atoms with E-state index in [2.05, 4.69) is 43.1 Å². The van der Waals surface area contributed by atoms with E-state index in [9.17, 15) is 9.90 Å². The van der Waals surface area contributed by atoms with Crippen LogP contribution in [0.1, 0.15) is 42.7 Å². The van der Waals surface area contributed by atoms with Gasteiger partial charge >= 0.3 is 0 Å². The maximum atomic E-state index is 12.6. The van der Waals surface area contributed by atoms with E-state index in [1.807, 2.05) is 11.0 Å². The predicted octanol–water partition coefficient (Wildman–Crippen LogP) is 3.22. The fraction of sp³-hybridized carbons (Fsp3) is 0.435. The zero-order valence-corrected chi connectivity index (χ0v) is 16.5. The quantitative estimate of drug-likeness (QED) is 0.828. The molecule has 5 nitrogen and oxygen atoms in total. The Balaban J connectivity index is 1.52. The molecule has 0 unspecified atom stereocenters. The number of rotatable bonds is 4. The van der Waals surface area contributed by atoms with Gasteiger partial charge in [0.25, 0.3) is 0 Å². The molecule has 2 heterocycles. The standard InChI is InChI=1S/C23H28N2O3/c1-3-24(2)21-18-8-4-5-9-19(18)23(22(21)27)12-14-25(15-13-23)20(26)11-10-17-7-6-16-28-17/h4-11,16,21-22,27H,3,12-15H2,1-2H3/b11-10+/t21-,22+/m1/s1. The molecule has 4 rings (SSSR count). The number of aliphatic hydroxyl groups excluding tert-OH is 1. The lowest BCUT2D eigenvalue weighted by Crippen LogP contribution is -2.50. The molecule has 1 aliphatic heterocycles. The first-order valence-corrected chi connectivity index (χ1v) is 10.0. The minimum Gasteiger partial charge on any atom is -0.465 e. The van der Waals surface area contributed by atoms with Crippen molar-refractivity contribution in [3.8, 4) is 0 Å². The van der Waals surface area contributed by atoms with Crippen molar-refractivity contribution < 1.29 is 14.3 Å². The largest absolute Gasteiger partial charge is 0.465 e. The summed E-state index contributed by atoms with van der Waals surface area (Å²) in [6, 6.07) is 12.1. The van der Waals surface area contributed by atoms with Crippen molar-refractivity contribution in [2.75, 3.05) is 26.7 Å².